The molecule has 0 aliphatic carbocycles. The van der Waals surface area contributed by atoms with Crippen LogP contribution in [0, 0.1) is 10.1 Å². The second kappa shape index (κ2) is 8.79. The number of nitrogens with zero attached hydrogens (tertiary/aromatic N) is 3. The highest BCUT2D eigenvalue weighted by Gasteiger charge is 2.19. The van der Waals surface area contributed by atoms with Crippen LogP contribution in [-0.4, -0.2) is 39.9 Å². The summed E-state index contributed by atoms with van der Waals surface area (Å²) in [6, 6.07) is 11.4. The van der Waals surface area contributed by atoms with Crippen molar-refractivity contribution in [1.29, 1.82) is 0 Å². The number of rotatable bonds is 7. The molecule has 2 aromatic carbocycles. The Balaban J connectivity index is 1.52. The Kier molecular flexibility index (Phi) is 5.76. The number of carboxylic acids is 1. The molecule has 31 heavy (non-hydrogen) atoms. The number of aromatic nitrogens is 1. The predicted octanol–water partition coefficient (Wildman–Crippen LogP) is 3.58. The third kappa shape index (κ3) is 4.61. The molecule has 0 atom stereocenters. The number of nitrogens with one attached hydrogen (secondary N) is 1. The van der Waals surface area contributed by atoms with Gasteiger partial charge in [-0.15, -0.1) is 11.3 Å². The van der Waals surface area contributed by atoms with E-state index in [0.717, 1.165) is 5.56 Å². The quantitative estimate of drug-likeness (QED) is 0.323. The van der Waals surface area contributed by atoms with E-state index >= 15 is 0 Å². The molecule has 11 heteroatoms. The van der Waals surface area contributed by atoms with Gasteiger partial charge in [0.05, 0.1) is 10.6 Å². The SMILES string of the molecule is O=C(O)/C(Cc1ccccc1[N+](=O)[O-])=N\Nc1nc(-c2ccc3c(c2)OCCO3)cs1. The molecule has 158 valence electrons. The van der Waals surface area contributed by atoms with Crippen LogP contribution in [0.4, 0.5) is 10.8 Å². The number of hydrogen-bond donors (Lipinski definition) is 2. The molecule has 0 fully saturated rings. The van der Waals surface area contributed by atoms with Crippen LogP contribution in [0.3, 0.4) is 0 Å². The molecule has 1 aromatic heterocycles. The van der Waals surface area contributed by atoms with Crippen molar-refractivity contribution in [1.82, 2.24) is 4.98 Å². The van der Waals surface area contributed by atoms with Crippen LogP contribution in [-0.2, 0) is 11.2 Å². The summed E-state index contributed by atoms with van der Waals surface area (Å²) in [5.74, 6) is 0.0328. The van der Waals surface area contributed by atoms with Crippen molar-refractivity contribution in [2.45, 2.75) is 6.42 Å². The molecule has 2 heterocycles. The number of ether oxygens (including phenoxy) is 2. The molecule has 1 aliphatic heterocycles. The Morgan fingerprint density at radius 1 is 1.23 bits per heavy atom. The molecule has 2 N–H and O–H groups in total. The monoisotopic (exact) mass is 440 g/mol. The minimum atomic E-state index is -1.28. The van der Waals surface area contributed by atoms with Crippen LogP contribution >= 0.6 is 11.3 Å². The van der Waals surface area contributed by atoms with Crippen molar-refractivity contribution in [3.63, 3.8) is 0 Å². The average molecular weight is 440 g/mol. The van der Waals surface area contributed by atoms with E-state index in [4.69, 9.17) is 9.47 Å². The van der Waals surface area contributed by atoms with Gasteiger partial charge in [0, 0.05) is 29.0 Å². The van der Waals surface area contributed by atoms with Gasteiger partial charge in [-0.05, 0) is 18.2 Å². The van der Waals surface area contributed by atoms with E-state index < -0.39 is 10.9 Å². The van der Waals surface area contributed by atoms with Gasteiger partial charge in [-0.2, -0.15) is 5.10 Å². The molecule has 4 rings (SSSR count). The lowest BCUT2D eigenvalue weighted by atomic mass is 10.1. The molecule has 0 bridgehead atoms. The molecule has 1 aliphatic rings. The molecule has 3 aromatic rings. The van der Waals surface area contributed by atoms with E-state index in [9.17, 15) is 20.0 Å². The highest BCUT2D eigenvalue weighted by atomic mass is 32.1. The number of benzene rings is 2. The van der Waals surface area contributed by atoms with Crippen LogP contribution in [0.5, 0.6) is 11.5 Å². The maximum Gasteiger partial charge on any atom is 0.352 e. The van der Waals surface area contributed by atoms with Crippen molar-refractivity contribution in [2.24, 2.45) is 5.10 Å². The third-order valence-electron chi connectivity index (χ3n) is 4.42. The van der Waals surface area contributed by atoms with Crippen molar-refractivity contribution in [3.05, 3.63) is 63.5 Å². The number of hydrogen-bond acceptors (Lipinski definition) is 9. The van der Waals surface area contributed by atoms with Crippen molar-refractivity contribution in [2.75, 3.05) is 18.6 Å². The number of nitro groups is 1. The van der Waals surface area contributed by atoms with Gasteiger partial charge in [0.1, 0.15) is 18.9 Å². The maximum atomic E-state index is 11.6. The van der Waals surface area contributed by atoms with Gasteiger partial charge in [0.15, 0.2) is 11.5 Å². The molecular weight excluding hydrogens is 424 g/mol. The highest BCUT2D eigenvalue weighted by Crippen LogP contribution is 2.35. The van der Waals surface area contributed by atoms with Crippen LogP contribution in [0.2, 0.25) is 0 Å². The van der Waals surface area contributed by atoms with Gasteiger partial charge in [-0.1, -0.05) is 18.2 Å². The number of carbonyl (C=O) groups is 1. The number of fused-ring (bicyclic) bond motifs is 1. The van der Waals surface area contributed by atoms with Crippen molar-refractivity contribution in [3.8, 4) is 22.8 Å². The van der Waals surface area contributed by atoms with Gasteiger partial charge in [-0.25, -0.2) is 9.78 Å². The van der Waals surface area contributed by atoms with Crippen LogP contribution in [0.15, 0.2) is 52.9 Å². The second-order valence-electron chi connectivity index (χ2n) is 6.43. The Hall–Kier alpha value is -3.99. The first-order valence-electron chi connectivity index (χ1n) is 9.15. The number of nitro benzene ring substituents is 1. The lowest BCUT2D eigenvalue weighted by Crippen LogP contribution is -2.18. The number of aliphatic carboxylic acids is 1. The summed E-state index contributed by atoms with van der Waals surface area (Å²) in [5, 5.41) is 26.7. The van der Waals surface area contributed by atoms with E-state index in [-0.39, 0.29) is 23.4 Å². The van der Waals surface area contributed by atoms with E-state index in [1.54, 1.807) is 11.4 Å². The first kappa shape index (κ1) is 20.3. The maximum absolute atomic E-state index is 11.6. The van der Waals surface area contributed by atoms with E-state index in [0.29, 0.717) is 35.5 Å². The van der Waals surface area contributed by atoms with Gasteiger partial charge in [-0.3, -0.25) is 15.5 Å². The topological polar surface area (TPSA) is 136 Å². The fourth-order valence-corrected chi connectivity index (χ4v) is 3.62. The highest BCUT2D eigenvalue weighted by molar-refractivity contribution is 7.14. The predicted molar refractivity (Wildman–Crippen MR) is 114 cm³/mol. The van der Waals surface area contributed by atoms with Crippen LogP contribution in [0.1, 0.15) is 5.56 Å². The van der Waals surface area contributed by atoms with E-state index in [1.165, 1.54) is 29.5 Å². The molecule has 0 radical (unpaired) electrons. The average Bonchev–Trinajstić information content (AvgIpc) is 3.25. The van der Waals surface area contributed by atoms with Gasteiger partial charge < -0.3 is 14.6 Å². The zero-order valence-electron chi connectivity index (χ0n) is 16.0. The Morgan fingerprint density at radius 3 is 2.77 bits per heavy atom. The number of carboxylic acid groups (broad SMARTS) is 1. The minimum absolute atomic E-state index is 0.161. The first-order chi connectivity index (χ1) is 15.0. The number of anilines is 1. The largest absolute Gasteiger partial charge is 0.486 e. The molecule has 0 saturated carbocycles. The minimum Gasteiger partial charge on any atom is -0.486 e. The molecule has 0 unspecified atom stereocenters. The second-order valence-corrected chi connectivity index (χ2v) is 7.29. The summed E-state index contributed by atoms with van der Waals surface area (Å²) in [5.41, 5.74) is 3.94. The number of para-hydroxylation sites is 1. The Morgan fingerprint density at radius 2 is 2.00 bits per heavy atom. The van der Waals surface area contributed by atoms with E-state index in [1.807, 2.05) is 18.2 Å². The number of hydrazone groups is 1. The van der Waals surface area contributed by atoms with Crippen LogP contribution < -0.4 is 14.9 Å². The van der Waals surface area contributed by atoms with Gasteiger partial charge in [0.25, 0.3) is 5.69 Å². The third-order valence-corrected chi connectivity index (χ3v) is 5.17. The zero-order chi connectivity index (χ0) is 21.8. The summed E-state index contributed by atoms with van der Waals surface area (Å²) in [7, 11) is 0. The first-order valence-corrected chi connectivity index (χ1v) is 10.0. The van der Waals surface area contributed by atoms with Crippen molar-refractivity contribution < 1.29 is 24.3 Å². The van der Waals surface area contributed by atoms with Gasteiger partial charge in [0.2, 0.25) is 5.13 Å². The lowest BCUT2D eigenvalue weighted by Gasteiger charge is -2.18. The fraction of sp³-hybridized carbons (Fsp3) is 0.150. The number of thiazole rings is 1. The lowest BCUT2D eigenvalue weighted by molar-refractivity contribution is -0.385. The molecule has 0 saturated heterocycles. The molecular formula is C20H16N4O6S. The zero-order valence-corrected chi connectivity index (χ0v) is 16.8. The fourth-order valence-electron chi connectivity index (χ4n) is 2.96. The van der Waals surface area contributed by atoms with Crippen molar-refractivity contribution >= 4 is 33.8 Å². The Bertz CT molecular complexity index is 1180. The van der Waals surface area contributed by atoms with Crippen LogP contribution in [0.25, 0.3) is 11.3 Å². The summed E-state index contributed by atoms with van der Waals surface area (Å²) in [6.07, 6.45) is -0.208. The van der Waals surface area contributed by atoms with Gasteiger partial charge >= 0.3 is 5.97 Å². The summed E-state index contributed by atoms with van der Waals surface area (Å²) in [4.78, 5) is 26.6. The molecule has 0 amide bonds. The summed E-state index contributed by atoms with van der Waals surface area (Å²) in [6.45, 7) is 0.986. The smallest absolute Gasteiger partial charge is 0.352 e. The summed E-state index contributed by atoms with van der Waals surface area (Å²) < 4.78 is 11.1. The molecule has 0 spiro atoms. The normalized spacial score (nSPS) is 13.0. The van der Waals surface area contributed by atoms with E-state index in [2.05, 4.69) is 15.5 Å². The standard InChI is InChI=1S/C20H16N4O6S/c25-19(26)14(9-13-3-1-2-4-16(13)24(27)28)22-23-20-21-15(11-31-20)12-5-6-17-18(10-12)30-8-7-29-17/h1-6,10-11H,7-9H2,(H,21,23)(H,25,26)/b22-14-. The molecule has 10 nitrogen and oxygen atoms in total. The Labute approximate surface area is 179 Å². The summed E-state index contributed by atoms with van der Waals surface area (Å²) >= 11 is 1.25.